The van der Waals surface area contributed by atoms with Crippen molar-refractivity contribution in [3.8, 4) is 5.75 Å². The van der Waals surface area contributed by atoms with E-state index >= 15 is 0 Å². The zero-order valence-electron chi connectivity index (χ0n) is 17.0. The number of nitrogens with zero attached hydrogens (tertiary/aromatic N) is 3. The van der Waals surface area contributed by atoms with Crippen LogP contribution in [-0.4, -0.2) is 52.1 Å². The number of nitrogens with one attached hydrogen (secondary N) is 3. The minimum Gasteiger partial charge on any atom is -0.497 e. The fraction of sp³-hybridized carbons (Fsp3) is 0.300. The Bertz CT molecular complexity index is 1060. The van der Waals surface area contributed by atoms with Gasteiger partial charge in [0.2, 0.25) is 0 Å². The normalized spacial score (nSPS) is 10.6. The van der Waals surface area contributed by atoms with Crippen LogP contribution in [0, 0.1) is 6.92 Å². The fourth-order valence-electron chi connectivity index (χ4n) is 3.15. The van der Waals surface area contributed by atoms with E-state index in [0.29, 0.717) is 30.0 Å². The van der Waals surface area contributed by atoms with E-state index in [-0.39, 0.29) is 12.5 Å². The summed E-state index contributed by atoms with van der Waals surface area (Å²) in [6, 6.07) is 7.41. The van der Waals surface area contributed by atoms with Gasteiger partial charge in [0, 0.05) is 32.9 Å². The second-order valence-corrected chi connectivity index (χ2v) is 6.64. The molecular formula is C20H24N6O4. The van der Waals surface area contributed by atoms with Crippen molar-refractivity contribution in [2.24, 2.45) is 7.05 Å². The lowest BCUT2D eigenvalue weighted by atomic mass is 10.1. The SMILES string of the molecule is COc1ccc(CNC(=O)c2cnc3c(c(C)nn3C)c2NCCNC(=O)O)cc1. The molecule has 10 nitrogen and oxygen atoms in total. The molecular weight excluding hydrogens is 388 g/mol. The van der Waals surface area contributed by atoms with E-state index in [0.717, 1.165) is 22.4 Å². The number of ether oxygens (including phenoxy) is 1. The lowest BCUT2D eigenvalue weighted by Crippen LogP contribution is -2.28. The van der Waals surface area contributed by atoms with E-state index in [9.17, 15) is 9.59 Å². The molecule has 158 valence electrons. The van der Waals surface area contributed by atoms with Crippen molar-refractivity contribution in [1.82, 2.24) is 25.4 Å². The molecule has 0 radical (unpaired) electrons. The average Bonchev–Trinajstić information content (AvgIpc) is 3.03. The molecule has 2 aromatic heterocycles. The summed E-state index contributed by atoms with van der Waals surface area (Å²) < 4.78 is 6.79. The average molecular weight is 412 g/mol. The smallest absolute Gasteiger partial charge is 0.404 e. The Labute approximate surface area is 173 Å². The van der Waals surface area contributed by atoms with Gasteiger partial charge < -0.3 is 25.8 Å². The second-order valence-electron chi connectivity index (χ2n) is 6.64. The standard InChI is InChI=1S/C20H24N6O4/c1-12-16-17(21-8-9-22-20(28)29)15(11-23-18(16)26(2)25-12)19(27)24-10-13-4-6-14(30-3)7-5-13/h4-7,11,22H,8-10H2,1-3H3,(H,21,23)(H,24,27)(H,28,29). The van der Waals surface area contributed by atoms with Crippen LogP contribution in [-0.2, 0) is 13.6 Å². The number of amides is 2. The van der Waals surface area contributed by atoms with Gasteiger partial charge in [-0.25, -0.2) is 9.78 Å². The van der Waals surface area contributed by atoms with Crippen LogP contribution in [0.4, 0.5) is 10.5 Å². The number of pyridine rings is 1. The highest BCUT2D eigenvalue weighted by atomic mass is 16.5. The summed E-state index contributed by atoms with van der Waals surface area (Å²) in [5, 5.41) is 22.2. The molecule has 0 bridgehead atoms. The third-order valence-electron chi connectivity index (χ3n) is 4.59. The number of anilines is 1. The van der Waals surface area contributed by atoms with Crippen LogP contribution < -0.4 is 20.7 Å². The van der Waals surface area contributed by atoms with Crippen LogP contribution in [0.3, 0.4) is 0 Å². The molecule has 4 N–H and O–H groups in total. The Morgan fingerprint density at radius 3 is 2.57 bits per heavy atom. The Hall–Kier alpha value is -3.82. The van der Waals surface area contributed by atoms with Crippen LogP contribution in [0.2, 0.25) is 0 Å². The van der Waals surface area contributed by atoms with Crippen LogP contribution in [0.1, 0.15) is 21.6 Å². The molecule has 0 fully saturated rings. The number of benzene rings is 1. The monoisotopic (exact) mass is 412 g/mol. The van der Waals surface area contributed by atoms with E-state index in [4.69, 9.17) is 9.84 Å². The number of aromatic nitrogens is 3. The van der Waals surface area contributed by atoms with Crippen molar-refractivity contribution in [1.29, 1.82) is 0 Å². The summed E-state index contributed by atoms with van der Waals surface area (Å²) in [4.78, 5) is 28.0. The second kappa shape index (κ2) is 9.12. The maximum absolute atomic E-state index is 12.9. The summed E-state index contributed by atoms with van der Waals surface area (Å²) in [6.45, 7) is 2.67. The summed E-state index contributed by atoms with van der Waals surface area (Å²) >= 11 is 0. The third kappa shape index (κ3) is 4.59. The first kappa shape index (κ1) is 20.9. The van der Waals surface area contributed by atoms with Gasteiger partial charge in [-0.15, -0.1) is 0 Å². The van der Waals surface area contributed by atoms with Gasteiger partial charge in [-0.1, -0.05) is 12.1 Å². The molecule has 0 atom stereocenters. The number of rotatable bonds is 8. The van der Waals surface area contributed by atoms with Gasteiger partial charge in [-0.3, -0.25) is 9.48 Å². The van der Waals surface area contributed by atoms with E-state index in [1.165, 1.54) is 6.20 Å². The number of fused-ring (bicyclic) bond motifs is 1. The summed E-state index contributed by atoms with van der Waals surface area (Å²) in [5.41, 5.74) is 3.22. The van der Waals surface area contributed by atoms with Crippen molar-refractivity contribution >= 4 is 28.7 Å². The maximum atomic E-state index is 12.9. The number of hydrogen-bond acceptors (Lipinski definition) is 6. The van der Waals surface area contributed by atoms with E-state index < -0.39 is 6.09 Å². The van der Waals surface area contributed by atoms with Gasteiger partial charge in [-0.2, -0.15) is 5.10 Å². The first-order chi connectivity index (χ1) is 14.4. The number of carbonyl (C=O) groups is 2. The van der Waals surface area contributed by atoms with Crippen molar-refractivity contribution in [2.75, 3.05) is 25.5 Å². The number of carbonyl (C=O) groups excluding carboxylic acids is 1. The van der Waals surface area contributed by atoms with Gasteiger partial charge in [0.1, 0.15) is 5.75 Å². The predicted octanol–water partition coefficient (Wildman–Crippen LogP) is 1.89. The first-order valence-corrected chi connectivity index (χ1v) is 9.34. The first-order valence-electron chi connectivity index (χ1n) is 9.34. The quantitative estimate of drug-likeness (QED) is 0.416. The highest BCUT2D eigenvalue weighted by Crippen LogP contribution is 2.28. The molecule has 0 aliphatic heterocycles. The molecule has 0 aliphatic carbocycles. The molecule has 2 amide bonds. The molecule has 3 rings (SSSR count). The van der Waals surface area contributed by atoms with Crippen molar-refractivity contribution < 1.29 is 19.4 Å². The molecule has 0 spiro atoms. The minimum atomic E-state index is -1.10. The molecule has 30 heavy (non-hydrogen) atoms. The zero-order chi connectivity index (χ0) is 21.7. The van der Waals surface area contributed by atoms with Crippen molar-refractivity contribution in [3.05, 3.63) is 47.3 Å². The highest BCUT2D eigenvalue weighted by Gasteiger charge is 2.19. The number of aryl methyl sites for hydroxylation is 2. The molecule has 3 aromatic rings. The Balaban J connectivity index is 1.83. The van der Waals surface area contributed by atoms with E-state index in [1.807, 2.05) is 31.2 Å². The van der Waals surface area contributed by atoms with Crippen molar-refractivity contribution in [2.45, 2.75) is 13.5 Å². The number of hydrogen-bond donors (Lipinski definition) is 4. The lowest BCUT2D eigenvalue weighted by molar-refractivity contribution is 0.0951. The minimum absolute atomic E-state index is 0.186. The van der Waals surface area contributed by atoms with Crippen molar-refractivity contribution in [3.63, 3.8) is 0 Å². The molecule has 0 unspecified atom stereocenters. The Kier molecular flexibility index (Phi) is 6.35. The lowest BCUT2D eigenvalue weighted by Gasteiger charge is -2.14. The van der Waals surface area contributed by atoms with Crippen LogP contribution in [0.15, 0.2) is 30.5 Å². The van der Waals surface area contributed by atoms with Gasteiger partial charge >= 0.3 is 6.09 Å². The summed E-state index contributed by atoms with van der Waals surface area (Å²) in [7, 11) is 3.38. The highest BCUT2D eigenvalue weighted by molar-refractivity contribution is 6.07. The van der Waals surface area contributed by atoms with Crippen LogP contribution >= 0.6 is 0 Å². The van der Waals surface area contributed by atoms with Gasteiger partial charge in [0.05, 0.1) is 29.4 Å². The predicted molar refractivity (Wildman–Crippen MR) is 112 cm³/mol. The maximum Gasteiger partial charge on any atom is 0.404 e. The van der Waals surface area contributed by atoms with Gasteiger partial charge in [-0.05, 0) is 24.6 Å². The Morgan fingerprint density at radius 1 is 1.17 bits per heavy atom. The zero-order valence-corrected chi connectivity index (χ0v) is 17.0. The van der Waals surface area contributed by atoms with E-state index in [2.05, 4.69) is 26.0 Å². The molecule has 0 aliphatic rings. The number of carboxylic acid groups (broad SMARTS) is 1. The number of methoxy groups -OCH3 is 1. The summed E-state index contributed by atoms with van der Waals surface area (Å²) in [5.74, 6) is 0.449. The van der Waals surface area contributed by atoms with Crippen LogP contribution in [0.5, 0.6) is 5.75 Å². The molecule has 0 saturated heterocycles. The van der Waals surface area contributed by atoms with E-state index in [1.54, 1.807) is 18.8 Å². The fourth-order valence-corrected chi connectivity index (χ4v) is 3.15. The van der Waals surface area contributed by atoms with Gasteiger partial charge in [0.25, 0.3) is 5.91 Å². The third-order valence-corrected chi connectivity index (χ3v) is 4.59. The molecule has 10 heteroatoms. The molecule has 0 saturated carbocycles. The van der Waals surface area contributed by atoms with Gasteiger partial charge in [0.15, 0.2) is 5.65 Å². The molecule has 1 aromatic carbocycles. The largest absolute Gasteiger partial charge is 0.497 e. The summed E-state index contributed by atoms with van der Waals surface area (Å²) in [6.07, 6.45) is 0.395. The Morgan fingerprint density at radius 2 is 1.90 bits per heavy atom. The topological polar surface area (TPSA) is 130 Å². The van der Waals surface area contributed by atoms with Crippen LogP contribution in [0.25, 0.3) is 11.0 Å². The molecule has 2 heterocycles.